The quantitative estimate of drug-likeness (QED) is 0.241. The van der Waals surface area contributed by atoms with E-state index in [2.05, 4.69) is 5.32 Å². The number of fused-ring (bicyclic) bond motifs is 2. The van der Waals surface area contributed by atoms with Gasteiger partial charge < -0.3 is 24.2 Å². The summed E-state index contributed by atoms with van der Waals surface area (Å²) in [6, 6.07) is 24.3. The number of aliphatic hydroxyl groups excluding tert-OH is 1. The van der Waals surface area contributed by atoms with Crippen molar-refractivity contribution in [1.82, 2.24) is 4.90 Å². The number of benzene rings is 3. The second kappa shape index (κ2) is 12.5. The Hall–Kier alpha value is -4.19. The molecule has 240 valence electrons. The Morgan fingerprint density at radius 1 is 1.09 bits per heavy atom. The number of carbonyl (C=O) groups is 3. The van der Waals surface area contributed by atoms with Gasteiger partial charge in [0.1, 0.15) is 0 Å². The lowest BCUT2D eigenvalue weighted by atomic mass is 9.82. The Balaban J connectivity index is 1.34. The summed E-state index contributed by atoms with van der Waals surface area (Å²) >= 11 is 0. The van der Waals surface area contributed by atoms with Crippen molar-refractivity contribution in [2.75, 3.05) is 23.5 Å². The predicted octanol–water partition coefficient (Wildman–Crippen LogP) is 5.36. The summed E-state index contributed by atoms with van der Waals surface area (Å²) in [5, 5.41) is 18.7. The maximum atomic E-state index is 16.2. The molecule has 3 amide bonds. The minimum absolute atomic E-state index is 0.115. The molecule has 3 aromatic carbocycles. The van der Waals surface area contributed by atoms with Gasteiger partial charge in [-0.05, 0) is 42.4 Å². The van der Waals surface area contributed by atoms with Gasteiger partial charge >= 0.3 is 0 Å². The van der Waals surface area contributed by atoms with E-state index < -0.39 is 37.5 Å². The van der Waals surface area contributed by atoms with Gasteiger partial charge in [0.25, 0.3) is 5.91 Å². The predicted molar refractivity (Wildman–Crippen MR) is 176 cm³/mol. The molecule has 0 bridgehead atoms. The van der Waals surface area contributed by atoms with E-state index in [1.807, 2.05) is 67.6 Å². The average Bonchev–Trinajstić information content (AvgIpc) is 3.50. The normalized spacial score (nSPS) is 24.2. The SMILES string of the molecule is C[C@H]1[C@H]([Si](C)(C)F)[C@@H](CC(=O)N(CCO)Cc2ccccc2)O[C@]12C(=O)Nc1ccc(N3N=C(c4ccccc4)CCC3=O)cc12. The number of nitrogens with zero attached hydrogens (tertiary/aromatic N) is 3. The Morgan fingerprint density at radius 3 is 2.46 bits per heavy atom. The number of ether oxygens (including phenoxy) is 1. The van der Waals surface area contributed by atoms with Crippen molar-refractivity contribution in [3.8, 4) is 0 Å². The van der Waals surface area contributed by atoms with E-state index in [9.17, 15) is 19.5 Å². The van der Waals surface area contributed by atoms with Crippen LogP contribution >= 0.6 is 0 Å². The highest BCUT2D eigenvalue weighted by Gasteiger charge is 2.65. The summed E-state index contributed by atoms with van der Waals surface area (Å²) in [6.45, 7) is 5.17. The summed E-state index contributed by atoms with van der Waals surface area (Å²) < 4.78 is 22.8. The molecule has 1 spiro atoms. The molecule has 0 saturated carbocycles. The Bertz CT molecular complexity index is 1660. The van der Waals surface area contributed by atoms with Gasteiger partial charge in [-0.3, -0.25) is 14.4 Å². The molecule has 2 N–H and O–H groups in total. The third-order valence-corrected chi connectivity index (χ3v) is 11.9. The van der Waals surface area contributed by atoms with Gasteiger partial charge in [-0.15, -0.1) is 0 Å². The third-order valence-electron chi connectivity index (χ3n) is 9.40. The molecule has 3 heterocycles. The molecule has 1 saturated heterocycles. The minimum atomic E-state index is -3.50. The number of hydrogen-bond donors (Lipinski definition) is 2. The molecule has 3 aliphatic rings. The van der Waals surface area contributed by atoms with Crippen molar-refractivity contribution in [1.29, 1.82) is 0 Å². The number of amides is 3. The number of nitrogens with one attached hydrogen (secondary N) is 1. The van der Waals surface area contributed by atoms with Crippen LogP contribution in [0, 0.1) is 5.92 Å². The van der Waals surface area contributed by atoms with Crippen LogP contribution < -0.4 is 10.3 Å². The first-order valence-electron chi connectivity index (χ1n) is 15.7. The zero-order valence-corrected chi connectivity index (χ0v) is 27.3. The van der Waals surface area contributed by atoms with Crippen LogP contribution in [0.25, 0.3) is 0 Å². The molecule has 0 radical (unpaired) electrons. The van der Waals surface area contributed by atoms with Crippen molar-refractivity contribution in [2.45, 2.75) is 63.1 Å². The van der Waals surface area contributed by atoms with Crippen LogP contribution in [-0.4, -0.2) is 61.1 Å². The van der Waals surface area contributed by atoms with E-state index in [0.29, 0.717) is 23.4 Å². The van der Waals surface area contributed by atoms with Gasteiger partial charge in [0, 0.05) is 48.6 Å². The number of carbonyl (C=O) groups excluding carboxylic acids is 3. The first kappa shape index (κ1) is 31.8. The van der Waals surface area contributed by atoms with Crippen LogP contribution in [0.5, 0.6) is 0 Å². The molecule has 6 rings (SSSR count). The molecule has 46 heavy (non-hydrogen) atoms. The monoisotopic (exact) mass is 642 g/mol. The van der Waals surface area contributed by atoms with E-state index in [1.165, 1.54) is 5.01 Å². The van der Waals surface area contributed by atoms with Crippen molar-refractivity contribution >= 4 is 43.2 Å². The number of aliphatic hydroxyl groups is 1. The molecular formula is C35H39FN4O5Si. The average molecular weight is 643 g/mol. The second-order valence-corrected chi connectivity index (χ2v) is 16.6. The fraction of sp³-hybridized carbons (Fsp3) is 0.371. The van der Waals surface area contributed by atoms with E-state index in [0.717, 1.165) is 16.8 Å². The van der Waals surface area contributed by atoms with E-state index in [1.54, 1.807) is 36.2 Å². The molecule has 9 nitrogen and oxygen atoms in total. The maximum Gasteiger partial charge on any atom is 0.261 e. The molecule has 1 fully saturated rings. The number of hydrazone groups is 1. The number of halogens is 1. The van der Waals surface area contributed by atoms with Crippen LogP contribution in [0.2, 0.25) is 18.6 Å². The van der Waals surface area contributed by atoms with E-state index in [4.69, 9.17) is 9.84 Å². The zero-order valence-electron chi connectivity index (χ0n) is 26.3. The molecule has 0 aromatic heterocycles. The van der Waals surface area contributed by atoms with Crippen molar-refractivity contribution in [2.24, 2.45) is 11.0 Å². The van der Waals surface area contributed by atoms with Crippen LogP contribution in [0.4, 0.5) is 15.5 Å². The second-order valence-electron chi connectivity index (χ2n) is 12.8. The smallest absolute Gasteiger partial charge is 0.261 e. The third kappa shape index (κ3) is 5.78. The highest BCUT2D eigenvalue weighted by atomic mass is 28.4. The highest BCUT2D eigenvalue weighted by Crippen LogP contribution is 2.59. The summed E-state index contributed by atoms with van der Waals surface area (Å²) in [7, 11) is -3.50. The fourth-order valence-corrected chi connectivity index (χ4v) is 9.79. The molecule has 3 aliphatic heterocycles. The number of rotatable bonds is 9. The Kier molecular flexibility index (Phi) is 8.66. The van der Waals surface area contributed by atoms with Crippen molar-refractivity contribution < 1.29 is 28.3 Å². The Labute approximate surface area is 269 Å². The van der Waals surface area contributed by atoms with Gasteiger partial charge in [0.15, 0.2) is 5.60 Å². The standard InChI is InChI=1S/C35H39FN4O5Si/c1-23-33(46(2,3)36)30(21-32(43)39(18-19-41)22-24-10-6-4-7-11-24)45-35(23)27-20-26(14-15-29(27)37-34(35)44)40-31(42)17-16-28(38-40)25-12-8-5-9-13-25/h4-15,20,23,30,33,41H,16-19,21-22H2,1-3H3,(H,37,44)/t23-,30+,33-,35+/m0/s1. The van der Waals surface area contributed by atoms with Crippen LogP contribution in [-0.2, 0) is 31.3 Å². The highest BCUT2D eigenvalue weighted by molar-refractivity contribution is 6.72. The lowest BCUT2D eigenvalue weighted by Crippen LogP contribution is -2.42. The van der Waals surface area contributed by atoms with E-state index in [-0.39, 0.29) is 44.4 Å². The van der Waals surface area contributed by atoms with Crippen molar-refractivity contribution in [3.63, 3.8) is 0 Å². The summed E-state index contributed by atoms with van der Waals surface area (Å²) in [4.78, 5) is 42.2. The lowest BCUT2D eigenvalue weighted by Gasteiger charge is -2.31. The summed E-state index contributed by atoms with van der Waals surface area (Å²) in [5.41, 5.74) is 1.89. The van der Waals surface area contributed by atoms with Gasteiger partial charge in [-0.2, -0.15) is 5.10 Å². The van der Waals surface area contributed by atoms with Gasteiger partial charge in [0.2, 0.25) is 20.2 Å². The van der Waals surface area contributed by atoms with Crippen molar-refractivity contribution in [3.05, 3.63) is 95.6 Å². The topological polar surface area (TPSA) is 112 Å². The molecular weight excluding hydrogens is 603 g/mol. The lowest BCUT2D eigenvalue weighted by molar-refractivity contribution is -0.148. The minimum Gasteiger partial charge on any atom is -0.395 e. The zero-order chi connectivity index (χ0) is 32.6. The maximum absolute atomic E-state index is 16.2. The Morgan fingerprint density at radius 2 is 1.78 bits per heavy atom. The first-order valence-corrected chi connectivity index (χ1v) is 18.7. The molecule has 4 atom stereocenters. The van der Waals surface area contributed by atoms with Gasteiger partial charge in [-0.1, -0.05) is 67.6 Å². The van der Waals surface area contributed by atoms with Crippen LogP contribution in [0.1, 0.15) is 42.9 Å². The van der Waals surface area contributed by atoms with E-state index >= 15 is 4.11 Å². The number of anilines is 2. The van der Waals surface area contributed by atoms with Crippen LogP contribution in [0.3, 0.4) is 0 Å². The van der Waals surface area contributed by atoms with Gasteiger partial charge in [0.05, 0.1) is 30.5 Å². The largest absolute Gasteiger partial charge is 0.395 e. The fourth-order valence-electron chi connectivity index (χ4n) is 7.30. The molecule has 0 unspecified atom stereocenters. The summed E-state index contributed by atoms with van der Waals surface area (Å²) in [5.74, 6) is -1.48. The number of hydrogen-bond acceptors (Lipinski definition) is 6. The summed E-state index contributed by atoms with van der Waals surface area (Å²) in [6.07, 6.45) is -0.214. The molecule has 0 aliphatic carbocycles. The molecule has 3 aromatic rings. The van der Waals surface area contributed by atoms with Crippen LogP contribution in [0.15, 0.2) is 84.0 Å². The van der Waals surface area contributed by atoms with Gasteiger partial charge in [-0.25, -0.2) is 5.01 Å². The first-order chi connectivity index (χ1) is 22.0. The molecule has 11 heteroatoms.